The zero-order valence-corrected chi connectivity index (χ0v) is 15.5. The zero-order valence-electron chi connectivity index (χ0n) is 14.7. The standard InChI is InChI=1S/C19H20N4O2S/c1-3-23-18(14-7-5-4-6-8-14)21-22-19(23)26-13-17(24)20-15-9-11-16(25-2)12-10-15/h4-12H,3,13H2,1-2H3,(H,20,24). The fourth-order valence-corrected chi connectivity index (χ4v) is 3.29. The maximum absolute atomic E-state index is 12.2. The van der Waals surface area contributed by atoms with E-state index in [1.165, 1.54) is 11.8 Å². The lowest BCUT2D eigenvalue weighted by atomic mass is 10.2. The molecule has 26 heavy (non-hydrogen) atoms. The second kappa shape index (κ2) is 8.53. The molecule has 0 saturated carbocycles. The molecule has 6 nitrogen and oxygen atoms in total. The Balaban J connectivity index is 1.64. The van der Waals surface area contributed by atoms with E-state index in [1.54, 1.807) is 7.11 Å². The first-order chi connectivity index (χ1) is 12.7. The summed E-state index contributed by atoms with van der Waals surface area (Å²) in [6.45, 7) is 2.77. The Labute approximate surface area is 156 Å². The van der Waals surface area contributed by atoms with Crippen LogP contribution >= 0.6 is 11.8 Å². The molecule has 0 atom stereocenters. The van der Waals surface area contributed by atoms with Gasteiger partial charge in [0.2, 0.25) is 5.91 Å². The van der Waals surface area contributed by atoms with Crippen molar-refractivity contribution in [1.82, 2.24) is 14.8 Å². The van der Waals surface area contributed by atoms with Crippen LogP contribution in [-0.2, 0) is 11.3 Å². The maximum Gasteiger partial charge on any atom is 0.234 e. The van der Waals surface area contributed by atoms with E-state index in [9.17, 15) is 4.79 Å². The second-order valence-corrected chi connectivity index (χ2v) is 6.42. The van der Waals surface area contributed by atoms with E-state index in [-0.39, 0.29) is 11.7 Å². The lowest BCUT2D eigenvalue weighted by Crippen LogP contribution is -2.14. The molecule has 1 amide bonds. The summed E-state index contributed by atoms with van der Waals surface area (Å²) >= 11 is 1.37. The number of methoxy groups -OCH3 is 1. The van der Waals surface area contributed by atoms with E-state index in [1.807, 2.05) is 66.1 Å². The van der Waals surface area contributed by atoms with E-state index in [2.05, 4.69) is 15.5 Å². The number of amides is 1. The van der Waals surface area contributed by atoms with Gasteiger partial charge in [-0.25, -0.2) is 0 Å². The number of benzene rings is 2. The number of carbonyl (C=O) groups is 1. The highest BCUT2D eigenvalue weighted by Crippen LogP contribution is 2.24. The van der Waals surface area contributed by atoms with E-state index >= 15 is 0 Å². The van der Waals surface area contributed by atoms with Crippen LogP contribution in [0, 0.1) is 0 Å². The number of hydrogen-bond acceptors (Lipinski definition) is 5. The topological polar surface area (TPSA) is 69.0 Å². The van der Waals surface area contributed by atoms with Crippen molar-refractivity contribution in [1.29, 1.82) is 0 Å². The predicted molar refractivity (Wildman–Crippen MR) is 103 cm³/mol. The predicted octanol–water partition coefficient (Wildman–Crippen LogP) is 3.70. The molecule has 0 bridgehead atoms. The summed E-state index contributed by atoms with van der Waals surface area (Å²) in [6, 6.07) is 17.1. The Morgan fingerprint density at radius 3 is 2.50 bits per heavy atom. The molecule has 3 rings (SSSR count). The van der Waals surface area contributed by atoms with Gasteiger partial charge in [-0.3, -0.25) is 4.79 Å². The van der Waals surface area contributed by atoms with Gasteiger partial charge in [-0.15, -0.1) is 10.2 Å². The number of rotatable bonds is 7. The first-order valence-corrected chi connectivity index (χ1v) is 9.25. The van der Waals surface area contributed by atoms with Crippen LogP contribution in [0.1, 0.15) is 6.92 Å². The van der Waals surface area contributed by atoms with Crippen molar-refractivity contribution in [3.8, 4) is 17.1 Å². The SMILES string of the molecule is CCn1c(SCC(=O)Nc2ccc(OC)cc2)nnc1-c1ccccc1. The van der Waals surface area contributed by atoms with Gasteiger partial charge in [0, 0.05) is 17.8 Å². The number of ether oxygens (including phenoxy) is 1. The molecule has 0 unspecified atom stereocenters. The lowest BCUT2D eigenvalue weighted by Gasteiger charge is -2.08. The van der Waals surface area contributed by atoms with Crippen molar-refractivity contribution in [2.75, 3.05) is 18.2 Å². The number of aromatic nitrogens is 3. The molecule has 3 aromatic rings. The smallest absolute Gasteiger partial charge is 0.234 e. The molecule has 0 spiro atoms. The number of nitrogens with one attached hydrogen (secondary N) is 1. The molecular weight excluding hydrogens is 348 g/mol. The normalized spacial score (nSPS) is 10.5. The molecule has 0 radical (unpaired) electrons. The highest BCUT2D eigenvalue weighted by molar-refractivity contribution is 7.99. The van der Waals surface area contributed by atoms with Gasteiger partial charge in [0.15, 0.2) is 11.0 Å². The molecule has 7 heteroatoms. The van der Waals surface area contributed by atoms with E-state index in [0.29, 0.717) is 0 Å². The summed E-state index contributed by atoms with van der Waals surface area (Å²) in [5.74, 6) is 1.74. The molecular formula is C19H20N4O2S. The van der Waals surface area contributed by atoms with Gasteiger partial charge >= 0.3 is 0 Å². The third-order valence-corrected chi connectivity index (χ3v) is 4.74. The zero-order chi connectivity index (χ0) is 18.4. The molecule has 134 valence electrons. The molecule has 0 aliphatic heterocycles. The van der Waals surface area contributed by atoms with Crippen molar-refractivity contribution < 1.29 is 9.53 Å². The number of hydrogen-bond donors (Lipinski definition) is 1. The van der Waals surface area contributed by atoms with Gasteiger partial charge in [0.25, 0.3) is 0 Å². The average molecular weight is 368 g/mol. The van der Waals surface area contributed by atoms with Crippen LogP contribution in [0.25, 0.3) is 11.4 Å². The Hall–Kier alpha value is -2.80. The summed E-state index contributed by atoms with van der Waals surface area (Å²) in [6.07, 6.45) is 0. The summed E-state index contributed by atoms with van der Waals surface area (Å²) < 4.78 is 7.12. The van der Waals surface area contributed by atoms with Crippen LogP contribution in [0.3, 0.4) is 0 Å². The summed E-state index contributed by atoms with van der Waals surface area (Å²) in [5.41, 5.74) is 1.75. The van der Waals surface area contributed by atoms with Crippen LogP contribution in [0.4, 0.5) is 5.69 Å². The van der Waals surface area contributed by atoms with Crippen molar-refractivity contribution in [3.05, 3.63) is 54.6 Å². The fourth-order valence-electron chi connectivity index (χ4n) is 2.48. The third kappa shape index (κ3) is 4.23. The Morgan fingerprint density at radius 2 is 1.85 bits per heavy atom. The van der Waals surface area contributed by atoms with E-state index in [0.717, 1.165) is 34.5 Å². The number of anilines is 1. The molecule has 0 fully saturated rings. The number of nitrogens with zero attached hydrogens (tertiary/aromatic N) is 3. The van der Waals surface area contributed by atoms with Gasteiger partial charge in [-0.2, -0.15) is 0 Å². The second-order valence-electron chi connectivity index (χ2n) is 5.48. The quantitative estimate of drug-likeness (QED) is 0.644. The fraction of sp³-hybridized carbons (Fsp3) is 0.211. The number of carbonyl (C=O) groups excluding carboxylic acids is 1. The first kappa shape index (κ1) is 18.0. The van der Waals surface area contributed by atoms with E-state index < -0.39 is 0 Å². The highest BCUT2D eigenvalue weighted by Gasteiger charge is 2.14. The molecule has 1 aromatic heterocycles. The van der Waals surface area contributed by atoms with Crippen LogP contribution in [-0.4, -0.2) is 33.5 Å². The van der Waals surface area contributed by atoms with Crippen molar-refractivity contribution in [2.24, 2.45) is 0 Å². The minimum atomic E-state index is -0.0907. The Kier molecular flexibility index (Phi) is 5.91. The van der Waals surface area contributed by atoms with Gasteiger partial charge in [0.1, 0.15) is 5.75 Å². The summed E-state index contributed by atoms with van der Waals surface area (Å²) in [7, 11) is 1.61. The monoisotopic (exact) mass is 368 g/mol. The summed E-state index contributed by atoms with van der Waals surface area (Å²) in [4.78, 5) is 12.2. The molecule has 1 heterocycles. The molecule has 1 N–H and O–H groups in total. The molecule has 0 saturated heterocycles. The minimum absolute atomic E-state index is 0.0907. The third-order valence-electron chi connectivity index (χ3n) is 3.77. The first-order valence-electron chi connectivity index (χ1n) is 8.26. The van der Waals surface area contributed by atoms with Crippen molar-refractivity contribution >= 4 is 23.4 Å². The van der Waals surface area contributed by atoms with Crippen LogP contribution in [0.2, 0.25) is 0 Å². The molecule has 0 aliphatic rings. The van der Waals surface area contributed by atoms with Crippen LogP contribution < -0.4 is 10.1 Å². The number of thioether (sulfide) groups is 1. The molecule has 0 aliphatic carbocycles. The van der Waals surface area contributed by atoms with Gasteiger partial charge in [-0.1, -0.05) is 42.1 Å². The maximum atomic E-state index is 12.2. The van der Waals surface area contributed by atoms with Crippen LogP contribution in [0.5, 0.6) is 5.75 Å². The molecule has 2 aromatic carbocycles. The van der Waals surface area contributed by atoms with Crippen LogP contribution in [0.15, 0.2) is 59.8 Å². The average Bonchev–Trinajstić information content (AvgIpc) is 3.10. The Morgan fingerprint density at radius 1 is 1.12 bits per heavy atom. The van der Waals surface area contributed by atoms with Gasteiger partial charge < -0.3 is 14.6 Å². The largest absolute Gasteiger partial charge is 0.497 e. The Bertz CT molecular complexity index is 863. The van der Waals surface area contributed by atoms with Crippen molar-refractivity contribution in [3.63, 3.8) is 0 Å². The van der Waals surface area contributed by atoms with Gasteiger partial charge in [0.05, 0.1) is 12.9 Å². The van der Waals surface area contributed by atoms with E-state index in [4.69, 9.17) is 4.74 Å². The lowest BCUT2D eigenvalue weighted by molar-refractivity contribution is -0.113. The van der Waals surface area contributed by atoms with Crippen molar-refractivity contribution in [2.45, 2.75) is 18.6 Å². The highest BCUT2D eigenvalue weighted by atomic mass is 32.2. The summed E-state index contributed by atoms with van der Waals surface area (Å²) in [5, 5.41) is 12.1. The minimum Gasteiger partial charge on any atom is -0.497 e. The van der Waals surface area contributed by atoms with Gasteiger partial charge in [-0.05, 0) is 31.2 Å².